The molecule has 0 unspecified atom stereocenters. The van der Waals surface area contributed by atoms with E-state index in [0.29, 0.717) is 0 Å². The van der Waals surface area contributed by atoms with E-state index in [9.17, 15) is 0 Å². The van der Waals surface area contributed by atoms with E-state index in [-0.39, 0.29) is 5.41 Å². The van der Waals surface area contributed by atoms with Crippen LogP contribution in [0.4, 0.5) is 17.1 Å². The predicted octanol–water partition coefficient (Wildman–Crippen LogP) is 15.1. The van der Waals surface area contributed by atoms with E-state index in [2.05, 4.69) is 219 Å². The van der Waals surface area contributed by atoms with Crippen LogP contribution in [0, 0.1) is 0 Å². The lowest BCUT2D eigenvalue weighted by Gasteiger charge is -2.41. The molecule has 3 aliphatic rings. The molecule has 0 N–H and O–H groups in total. The van der Waals surface area contributed by atoms with Crippen molar-refractivity contribution in [3.8, 4) is 33.4 Å². The van der Waals surface area contributed by atoms with Crippen LogP contribution in [0.2, 0.25) is 0 Å². The van der Waals surface area contributed by atoms with Crippen LogP contribution in [0.1, 0.15) is 47.2 Å². The lowest BCUT2D eigenvalue weighted by Crippen LogP contribution is -2.32. The lowest BCUT2D eigenvalue weighted by atomic mass is 9.65. The van der Waals surface area contributed by atoms with Gasteiger partial charge in [-0.15, -0.1) is 0 Å². The molecular weight excluding hydrogens is 719 g/mol. The summed E-state index contributed by atoms with van der Waals surface area (Å²) in [7, 11) is 0. The van der Waals surface area contributed by atoms with Gasteiger partial charge in [0, 0.05) is 32.3 Å². The minimum atomic E-state index is -0.479. The molecule has 0 atom stereocenters. The van der Waals surface area contributed by atoms with E-state index in [1.807, 2.05) is 11.8 Å². The molecule has 0 saturated carbocycles. The van der Waals surface area contributed by atoms with E-state index in [0.717, 1.165) is 17.1 Å². The average molecular weight is 758 g/mol. The maximum atomic E-state index is 2.48. The molecule has 0 saturated heterocycles. The van der Waals surface area contributed by atoms with Crippen LogP contribution in [-0.2, 0) is 10.8 Å². The molecular formula is C56H39NS. The molecule has 2 heteroatoms. The monoisotopic (exact) mass is 757 g/mol. The SMILES string of the molecule is CC1(C)c2ccccc2-c2ccc(N(c3ccccc3)c3ccc(-c4cccc5c4C4(c6cc7ccccc7cc6S5)c5ccccc5-c5ccccc54)cc3)cc21. The number of hydrogen-bond acceptors (Lipinski definition) is 2. The molecule has 1 spiro atoms. The first-order valence-electron chi connectivity index (χ1n) is 20.3. The van der Waals surface area contributed by atoms with Crippen molar-refractivity contribution in [1.82, 2.24) is 0 Å². The van der Waals surface area contributed by atoms with Crippen LogP contribution >= 0.6 is 11.8 Å². The summed E-state index contributed by atoms with van der Waals surface area (Å²) >= 11 is 1.92. The summed E-state index contributed by atoms with van der Waals surface area (Å²) in [6, 6.07) is 74.9. The van der Waals surface area contributed by atoms with Crippen LogP contribution in [0.15, 0.2) is 210 Å². The standard InChI is InChI=1S/C56H39NS/c1-55(2)47-23-11-8-19-43(47)46-32-31-41(35-50(46)55)57(39-17-4-3-5-18-39)40-29-27-36(28-30-40)42-22-14-26-52-54(42)56(51-33-37-15-6-7-16-38(37)34-53(51)58-52)48-24-12-9-20-44(48)45-21-10-13-25-49(45)56/h3-35H,1-2H3. The van der Waals surface area contributed by atoms with Crippen LogP contribution in [0.25, 0.3) is 44.2 Å². The fourth-order valence-electron chi connectivity index (χ4n) is 10.5. The Morgan fingerprint density at radius 2 is 0.897 bits per heavy atom. The van der Waals surface area contributed by atoms with E-state index < -0.39 is 5.41 Å². The van der Waals surface area contributed by atoms with Crippen LogP contribution in [0.3, 0.4) is 0 Å². The molecule has 2 aliphatic carbocycles. The lowest BCUT2D eigenvalue weighted by molar-refractivity contribution is 0.660. The number of para-hydroxylation sites is 1. The van der Waals surface area contributed by atoms with Crippen molar-refractivity contribution in [2.45, 2.75) is 34.5 Å². The van der Waals surface area contributed by atoms with Gasteiger partial charge in [-0.05, 0) is 132 Å². The summed E-state index contributed by atoms with van der Waals surface area (Å²) < 4.78 is 0. The first kappa shape index (κ1) is 33.5. The average Bonchev–Trinajstić information content (AvgIpc) is 3.69. The molecule has 9 aromatic carbocycles. The highest BCUT2D eigenvalue weighted by molar-refractivity contribution is 7.99. The summed E-state index contributed by atoms with van der Waals surface area (Å²) in [4.78, 5) is 5.04. The van der Waals surface area contributed by atoms with E-state index in [4.69, 9.17) is 0 Å². The Morgan fingerprint density at radius 1 is 0.362 bits per heavy atom. The predicted molar refractivity (Wildman–Crippen MR) is 243 cm³/mol. The van der Waals surface area contributed by atoms with Gasteiger partial charge in [0.25, 0.3) is 0 Å². The zero-order valence-corrected chi connectivity index (χ0v) is 33.2. The summed E-state index contributed by atoms with van der Waals surface area (Å²) in [5.41, 5.74) is 18.9. The van der Waals surface area contributed by atoms with Gasteiger partial charge in [0.1, 0.15) is 0 Å². The summed E-state index contributed by atoms with van der Waals surface area (Å²) in [6.07, 6.45) is 0. The minimum Gasteiger partial charge on any atom is -0.310 e. The van der Waals surface area contributed by atoms with Gasteiger partial charge in [-0.2, -0.15) is 0 Å². The molecule has 1 nitrogen and oxygen atoms in total. The number of nitrogens with zero attached hydrogens (tertiary/aromatic N) is 1. The maximum Gasteiger partial charge on any atom is 0.0741 e. The van der Waals surface area contributed by atoms with Gasteiger partial charge in [0.15, 0.2) is 0 Å². The second-order valence-electron chi connectivity index (χ2n) is 16.4. The zero-order valence-electron chi connectivity index (χ0n) is 32.4. The van der Waals surface area contributed by atoms with Crippen molar-refractivity contribution in [2.24, 2.45) is 0 Å². The highest BCUT2D eigenvalue weighted by Crippen LogP contribution is 2.64. The van der Waals surface area contributed by atoms with Gasteiger partial charge in [-0.25, -0.2) is 0 Å². The molecule has 9 aromatic rings. The van der Waals surface area contributed by atoms with Gasteiger partial charge in [0.05, 0.1) is 5.41 Å². The largest absolute Gasteiger partial charge is 0.310 e. The van der Waals surface area contributed by atoms with Crippen molar-refractivity contribution < 1.29 is 0 Å². The van der Waals surface area contributed by atoms with Gasteiger partial charge in [-0.1, -0.05) is 171 Å². The second kappa shape index (κ2) is 12.4. The second-order valence-corrected chi connectivity index (χ2v) is 17.5. The Balaban J connectivity index is 1.05. The summed E-state index contributed by atoms with van der Waals surface area (Å²) in [5.74, 6) is 0. The third-order valence-electron chi connectivity index (χ3n) is 13.1. The molecule has 0 fully saturated rings. The fourth-order valence-corrected chi connectivity index (χ4v) is 11.8. The van der Waals surface area contributed by atoms with Gasteiger partial charge in [-0.3, -0.25) is 0 Å². The highest BCUT2D eigenvalue weighted by atomic mass is 32.2. The van der Waals surface area contributed by atoms with Gasteiger partial charge in [0.2, 0.25) is 0 Å². The van der Waals surface area contributed by atoms with Crippen molar-refractivity contribution in [3.63, 3.8) is 0 Å². The molecule has 1 aliphatic heterocycles. The summed E-state index contributed by atoms with van der Waals surface area (Å²) in [5, 5.41) is 2.55. The fraction of sp³-hybridized carbons (Fsp3) is 0.0714. The Labute approximate surface area is 344 Å². The van der Waals surface area contributed by atoms with Crippen molar-refractivity contribution in [1.29, 1.82) is 0 Å². The molecule has 0 aromatic heterocycles. The van der Waals surface area contributed by atoms with Crippen LogP contribution < -0.4 is 4.90 Å². The number of hydrogen-bond donors (Lipinski definition) is 0. The third kappa shape index (κ3) is 4.61. The van der Waals surface area contributed by atoms with Gasteiger partial charge >= 0.3 is 0 Å². The molecule has 0 bridgehead atoms. The van der Waals surface area contributed by atoms with E-state index >= 15 is 0 Å². The Morgan fingerprint density at radius 3 is 1.60 bits per heavy atom. The zero-order chi connectivity index (χ0) is 38.6. The van der Waals surface area contributed by atoms with E-state index in [1.165, 1.54) is 87.3 Å². The molecule has 0 radical (unpaired) electrons. The Kier molecular flexibility index (Phi) is 7.19. The normalized spacial score (nSPS) is 14.6. The third-order valence-corrected chi connectivity index (χ3v) is 14.2. The minimum absolute atomic E-state index is 0.0864. The number of fused-ring (bicyclic) bond motifs is 13. The van der Waals surface area contributed by atoms with Crippen molar-refractivity contribution in [2.75, 3.05) is 4.90 Å². The Hall–Kier alpha value is -6.61. The van der Waals surface area contributed by atoms with Crippen molar-refractivity contribution >= 4 is 39.6 Å². The first-order valence-corrected chi connectivity index (χ1v) is 21.1. The van der Waals surface area contributed by atoms with Crippen LogP contribution in [0.5, 0.6) is 0 Å². The molecule has 0 amide bonds. The van der Waals surface area contributed by atoms with Gasteiger partial charge < -0.3 is 4.90 Å². The Bertz CT molecular complexity index is 3080. The number of anilines is 3. The molecule has 1 heterocycles. The maximum absolute atomic E-state index is 2.48. The summed E-state index contributed by atoms with van der Waals surface area (Å²) in [6.45, 7) is 4.72. The van der Waals surface area contributed by atoms with Crippen molar-refractivity contribution in [3.05, 3.63) is 234 Å². The first-order chi connectivity index (χ1) is 28.5. The van der Waals surface area contributed by atoms with E-state index in [1.54, 1.807) is 0 Å². The molecule has 58 heavy (non-hydrogen) atoms. The highest BCUT2D eigenvalue weighted by Gasteiger charge is 2.51. The quantitative estimate of drug-likeness (QED) is 0.176. The number of benzene rings is 9. The smallest absolute Gasteiger partial charge is 0.0741 e. The van der Waals surface area contributed by atoms with Crippen LogP contribution in [-0.4, -0.2) is 0 Å². The molecule has 274 valence electrons. The topological polar surface area (TPSA) is 3.24 Å². The molecule has 12 rings (SSSR count). The number of rotatable bonds is 4.